The second-order valence-electron chi connectivity index (χ2n) is 8.12. The van der Waals surface area contributed by atoms with Gasteiger partial charge in [0, 0.05) is 10.1 Å². The van der Waals surface area contributed by atoms with E-state index in [0.717, 1.165) is 53.2 Å². The molecule has 1 heterocycles. The minimum atomic E-state index is -0.240. The largest absolute Gasteiger partial charge is 0.362 e. The molecule has 34 heavy (non-hydrogen) atoms. The van der Waals surface area contributed by atoms with Gasteiger partial charge in [-0.15, -0.1) is 0 Å². The first-order valence-corrected chi connectivity index (χ1v) is 13.0. The fourth-order valence-electron chi connectivity index (χ4n) is 3.54. The van der Waals surface area contributed by atoms with E-state index < -0.39 is 0 Å². The highest BCUT2D eigenvalue weighted by atomic mass is 32.2. The molecule has 1 atom stereocenters. The van der Waals surface area contributed by atoms with Crippen LogP contribution in [0.5, 0.6) is 0 Å². The van der Waals surface area contributed by atoms with E-state index in [1.807, 2.05) is 24.8 Å². The van der Waals surface area contributed by atoms with Gasteiger partial charge in [-0.1, -0.05) is 75.4 Å². The molecule has 0 aliphatic carbocycles. The summed E-state index contributed by atoms with van der Waals surface area (Å²) in [7, 11) is 0. The van der Waals surface area contributed by atoms with Crippen LogP contribution in [0, 0.1) is 5.82 Å². The Labute approximate surface area is 208 Å². The lowest BCUT2D eigenvalue weighted by atomic mass is 10.0. The van der Waals surface area contributed by atoms with Gasteiger partial charge in [0.05, 0.1) is 11.4 Å². The van der Waals surface area contributed by atoms with Gasteiger partial charge in [0.25, 0.3) is 0 Å². The molecule has 182 valence electrons. The van der Waals surface area contributed by atoms with E-state index in [2.05, 4.69) is 74.2 Å². The second-order valence-corrected chi connectivity index (χ2v) is 9.43. The standard InChI is InChI=1S/C29H38FN3S/c1-7-11-14-27-26(19-23(10-4)24-15-17-25(30)18-16-24)29(32-20-31-27)33-22(6)28(13-9-3)34-21(5)12-8-2/h10,12-20,22H,7-9,11H2,1-6H3,(H,31,32,33)/b21-12-,23-10+,26-19+,27-14-,28-13+. The monoisotopic (exact) mass is 479 g/mol. The predicted molar refractivity (Wildman–Crippen MR) is 148 cm³/mol. The van der Waals surface area contributed by atoms with Gasteiger partial charge in [0.2, 0.25) is 0 Å². The summed E-state index contributed by atoms with van der Waals surface area (Å²) in [5.41, 5.74) is 1.95. The fraction of sp³-hybridized carbons (Fsp3) is 0.379. The Balaban J connectivity index is 2.56. The fourth-order valence-corrected chi connectivity index (χ4v) is 4.65. The Bertz CT molecular complexity index is 1130. The van der Waals surface area contributed by atoms with E-state index in [9.17, 15) is 4.39 Å². The minimum Gasteiger partial charge on any atom is -0.362 e. The average Bonchev–Trinajstić information content (AvgIpc) is 2.82. The van der Waals surface area contributed by atoms with Crippen molar-refractivity contribution in [3.63, 3.8) is 0 Å². The van der Waals surface area contributed by atoms with Gasteiger partial charge in [0.1, 0.15) is 18.0 Å². The zero-order valence-electron chi connectivity index (χ0n) is 21.4. The van der Waals surface area contributed by atoms with Crippen LogP contribution in [0.2, 0.25) is 0 Å². The molecule has 0 bridgehead atoms. The number of anilines is 1. The summed E-state index contributed by atoms with van der Waals surface area (Å²) in [6.45, 7) is 12.8. The van der Waals surface area contributed by atoms with Gasteiger partial charge in [-0.2, -0.15) is 0 Å². The predicted octanol–water partition coefficient (Wildman–Crippen LogP) is 7.22. The molecular weight excluding hydrogens is 441 g/mol. The highest BCUT2D eigenvalue weighted by Crippen LogP contribution is 2.29. The van der Waals surface area contributed by atoms with Crippen molar-refractivity contribution in [2.24, 2.45) is 0 Å². The number of rotatable bonds is 11. The molecule has 1 unspecified atom stereocenters. The van der Waals surface area contributed by atoms with E-state index in [0.29, 0.717) is 0 Å². The topological polar surface area (TPSA) is 37.8 Å². The molecule has 0 radical (unpaired) electrons. The lowest BCUT2D eigenvalue weighted by Gasteiger charge is -2.19. The summed E-state index contributed by atoms with van der Waals surface area (Å²) < 4.78 is 13.5. The molecule has 0 amide bonds. The summed E-state index contributed by atoms with van der Waals surface area (Å²) >= 11 is 1.81. The van der Waals surface area contributed by atoms with E-state index in [1.54, 1.807) is 18.5 Å². The summed E-state index contributed by atoms with van der Waals surface area (Å²) in [6, 6.07) is 6.68. The number of unbranched alkanes of at least 4 members (excludes halogenated alkanes) is 1. The van der Waals surface area contributed by atoms with Crippen molar-refractivity contribution >= 4 is 35.3 Å². The maximum atomic E-state index is 13.5. The number of nitrogens with zero attached hydrogens (tertiary/aromatic N) is 2. The third-order valence-corrected chi connectivity index (χ3v) is 6.53. The number of thioether (sulfide) groups is 1. The second kappa shape index (κ2) is 14.6. The SMILES string of the molecule is C\C=C(/C=c1/c(NC(C)/C(=C\CC)S/C(C)=C\CC)ncn/c1=C\CCC)c1ccc(F)cc1. The molecule has 0 saturated heterocycles. The van der Waals surface area contributed by atoms with Gasteiger partial charge in [-0.25, -0.2) is 14.4 Å². The van der Waals surface area contributed by atoms with Crippen LogP contribution in [0.15, 0.2) is 58.6 Å². The van der Waals surface area contributed by atoms with Crippen LogP contribution in [0.3, 0.4) is 0 Å². The molecule has 0 spiro atoms. The van der Waals surface area contributed by atoms with Crippen molar-refractivity contribution < 1.29 is 4.39 Å². The van der Waals surface area contributed by atoms with Gasteiger partial charge < -0.3 is 5.32 Å². The first-order valence-electron chi connectivity index (χ1n) is 12.2. The van der Waals surface area contributed by atoms with Crippen molar-refractivity contribution in [3.8, 4) is 0 Å². The molecule has 0 saturated carbocycles. The van der Waals surface area contributed by atoms with E-state index in [-0.39, 0.29) is 11.9 Å². The third-order valence-electron chi connectivity index (χ3n) is 5.29. The molecule has 1 N–H and O–H groups in total. The van der Waals surface area contributed by atoms with Crippen LogP contribution in [0.25, 0.3) is 17.7 Å². The Kier molecular flexibility index (Phi) is 11.8. The summed E-state index contributed by atoms with van der Waals surface area (Å²) in [5, 5.41) is 5.50. The van der Waals surface area contributed by atoms with Crippen molar-refractivity contribution in [1.82, 2.24) is 9.97 Å². The normalized spacial score (nSPS) is 15.1. The molecule has 0 aliphatic rings. The smallest absolute Gasteiger partial charge is 0.137 e. The summed E-state index contributed by atoms with van der Waals surface area (Å²) in [5.74, 6) is 0.557. The zero-order chi connectivity index (χ0) is 24.9. The average molecular weight is 480 g/mol. The number of benzene rings is 1. The van der Waals surface area contributed by atoms with Crippen LogP contribution in [-0.4, -0.2) is 16.0 Å². The van der Waals surface area contributed by atoms with Crippen molar-refractivity contribution in [3.05, 3.63) is 80.6 Å². The number of halogens is 1. The molecule has 1 aromatic heterocycles. The van der Waals surface area contributed by atoms with Gasteiger partial charge >= 0.3 is 0 Å². The number of nitrogens with one attached hydrogen (secondary N) is 1. The molecule has 2 aromatic rings. The Morgan fingerprint density at radius 1 is 1.09 bits per heavy atom. The third kappa shape index (κ3) is 8.28. The maximum absolute atomic E-state index is 13.5. The molecule has 3 nitrogen and oxygen atoms in total. The van der Waals surface area contributed by atoms with E-state index >= 15 is 0 Å². The zero-order valence-corrected chi connectivity index (χ0v) is 22.2. The highest BCUT2D eigenvalue weighted by Gasteiger charge is 2.12. The van der Waals surface area contributed by atoms with Gasteiger partial charge in [-0.05, 0) is 74.3 Å². The van der Waals surface area contributed by atoms with Crippen LogP contribution in [0.4, 0.5) is 10.2 Å². The molecule has 0 fully saturated rings. The summed E-state index contributed by atoms with van der Waals surface area (Å²) in [6.07, 6.45) is 16.4. The van der Waals surface area contributed by atoms with Crippen LogP contribution < -0.4 is 15.9 Å². The molecule has 5 heteroatoms. The minimum absolute atomic E-state index is 0.0890. The Hall–Kier alpha value is -2.66. The number of allylic oxidation sites excluding steroid dienone is 5. The van der Waals surface area contributed by atoms with Crippen molar-refractivity contribution in [2.75, 3.05) is 5.32 Å². The highest BCUT2D eigenvalue weighted by molar-refractivity contribution is 8.06. The van der Waals surface area contributed by atoms with Crippen LogP contribution in [-0.2, 0) is 0 Å². The number of hydrogen-bond donors (Lipinski definition) is 1. The van der Waals surface area contributed by atoms with Crippen LogP contribution in [0.1, 0.15) is 72.8 Å². The Morgan fingerprint density at radius 3 is 2.41 bits per heavy atom. The van der Waals surface area contributed by atoms with E-state index in [1.165, 1.54) is 21.9 Å². The Morgan fingerprint density at radius 2 is 1.79 bits per heavy atom. The number of aromatic nitrogens is 2. The first-order chi connectivity index (χ1) is 16.4. The lowest BCUT2D eigenvalue weighted by Crippen LogP contribution is -2.34. The van der Waals surface area contributed by atoms with Crippen molar-refractivity contribution in [2.45, 2.75) is 73.3 Å². The molecule has 0 aliphatic heterocycles. The quantitative estimate of drug-likeness (QED) is 0.369. The molecule has 1 aromatic carbocycles. The van der Waals surface area contributed by atoms with Crippen molar-refractivity contribution in [1.29, 1.82) is 0 Å². The summed E-state index contributed by atoms with van der Waals surface area (Å²) in [4.78, 5) is 11.8. The van der Waals surface area contributed by atoms with Gasteiger partial charge in [-0.3, -0.25) is 0 Å². The first kappa shape index (κ1) is 27.6. The van der Waals surface area contributed by atoms with Crippen LogP contribution >= 0.6 is 11.8 Å². The lowest BCUT2D eigenvalue weighted by molar-refractivity contribution is 0.627. The van der Waals surface area contributed by atoms with Gasteiger partial charge in [0.15, 0.2) is 0 Å². The van der Waals surface area contributed by atoms with E-state index in [4.69, 9.17) is 0 Å². The maximum Gasteiger partial charge on any atom is 0.137 e. The molecular formula is C29H38FN3S. The number of hydrogen-bond acceptors (Lipinski definition) is 4. The molecule has 2 rings (SSSR count).